The number of fused-ring (bicyclic) bond motifs is 1. The SMILES string of the molecule is COCCOCCOCCOc1ccc2nc(C3=NCCS3)c(O)cc2c1. The van der Waals surface area contributed by atoms with Gasteiger partial charge in [-0.2, -0.15) is 0 Å². The Morgan fingerprint density at radius 3 is 2.56 bits per heavy atom. The molecule has 0 spiro atoms. The number of thioether (sulfide) groups is 1. The van der Waals surface area contributed by atoms with Gasteiger partial charge in [0.1, 0.15) is 28.8 Å². The van der Waals surface area contributed by atoms with Crippen LogP contribution in [0.1, 0.15) is 5.69 Å². The quantitative estimate of drug-likeness (QED) is 0.588. The van der Waals surface area contributed by atoms with Crippen molar-refractivity contribution in [3.8, 4) is 11.5 Å². The highest BCUT2D eigenvalue weighted by atomic mass is 32.2. The molecular formula is C19H24N2O5S. The number of nitrogens with zero attached hydrogens (tertiary/aromatic N) is 2. The van der Waals surface area contributed by atoms with Crippen molar-refractivity contribution in [1.29, 1.82) is 0 Å². The molecule has 1 aliphatic heterocycles. The fourth-order valence-corrected chi connectivity index (χ4v) is 3.40. The molecule has 3 rings (SSSR count). The summed E-state index contributed by atoms with van der Waals surface area (Å²) >= 11 is 1.62. The van der Waals surface area contributed by atoms with E-state index in [2.05, 4.69) is 9.98 Å². The lowest BCUT2D eigenvalue weighted by Gasteiger charge is -2.10. The van der Waals surface area contributed by atoms with Crippen LogP contribution in [0.3, 0.4) is 0 Å². The molecule has 0 radical (unpaired) electrons. The van der Waals surface area contributed by atoms with E-state index >= 15 is 0 Å². The van der Waals surface area contributed by atoms with E-state index in [-0.39, 0.29) is 5.75 Å². The van der Waals surface area contributed by atoms with Crippen molar-refractivity contribution >= 4 is 27.7 Å². The molecule has 2 heterocycles. The van der Waals surface area contributed by atoms with E-state index in [1.807, 2.05) is 18.2 Å². The van der Waals surface area contributed by atoms with Crippen molar-refractivity contribution in [1.82, 2.24) is 4.98 Å². The molecule has 146 valence electrons. The zero-order valence-electron chi connectivity index (χ0n) is 15.3. The number of aromatic hydroxyl groups is 1. The summed E-state index contributed by atoms with van der Waals surface area (Å²) < 4.78 is 21.4. The number of methoxy groups -OCH3 is 1. The molecule has 0 aliphatic carbocycles. The number of ether oxygens (including phenoxy) is 4. The maximum atomic E-state index is 10.3. The Morgan fingerprint density at radius 2 is 1.81 bits per heavy atom. The molecule has 1 aromatic heterocycles. The fraction of sp³-hybridized carbons (Fsp3) is 0.474. The Bertz CT molecular complexity index is 784. The molecule has 0 amide bonds. The van der Waals surface area contributed by atoms with Gasteiger partial charge in [0.15, 0.2) is 0 Å². The lowest BCUT2D eigenvalue weighted by molar-refractivity contribution is 0.0180. The van der Waals surface area contributed by atoms with E-state index < -0.39 is 0 Å². The number of benzene rings is 1. The van der Waals surface area contributed by atoms with Gasteiger partial charge in [0, 0.05) is 24.8 Å². The highest BCUT2D eigenvalue weighted by Crippen LogP contribution is 2.29. The van der Waals surface area contributed by atoms with E-state index in [0.717, 1.165) is 28.2 Å². The summed E-state index contributed by atoms with van der Waals surface area (Å²) in [7, 11) is 1.64. The minimum atomic E-state index is 0.143. The largest absolute Gasteiger partial charge is 0.506 e. The number of pyridine rings is 1. The van der Waals surface area contributed by atoms with Crippen LogP contribution in [0.4, 0.5) is 0 Å². The first-order valence-corrected chi connectivity index (χ1v) is 9.85. The van der Waals surface area contributed by atoms with Crippen LogP contribution >= 0.6 is 11.8 Å². The van der Waals surface area contributed by atoms with Gasteiger partial charge in [-0.1, -0.05) is 0 Å². The van der Waals surface area contributed by atoms with Gasteiger partial charge in [0.2, 0.25) is 0 Å². The standard InChI is InChI=1S/C19H24N2O5S/c1-23-5-6-24-7-8-25-9-10-26-15-2-3-16-14(12-15)13-17(22)18(21-16)19-20-4-11-27-19/h2-3,12-13,22H,4-11H2,1H3. The van der Waals surface area contributed by atoms with Crippen molar-refractivity contribution in [3.05, 3.63) is 30.0 Å². The van der Waals surface area contributed by atoms with E-state index in [4.69, 9.17) is 18.9 Å². The van der Waals surface area contributed by atoms with Gasteiger partial charge in [-0.3, -0.25) is 4.99 Å². The summed E-state index contributed by atoms with van der Waals surface area (Å²) in [6.07, 6.45) is 0. The molecule has 0 bridgehead atoms. The molecule has 27 heavy (non-hydrogen) atoms. The first kappa shape index (κ1) is 19.9. The van der Waals surface area contributed by atoms with E-state index in [1.54, 1.807) is 24.9 Å². The molecule has 2 aromatic rings. The van der Waals surface area contributed by atoms with Gasteiger partial charge < -0.3 is 24.1 Å². The van der Waals surface area contributed by atoms with Gasteiger partial charge >= 0.3 is 0 Å². The number of rotatable bonds is 11. The molecule has 1 N–H and O–H groups in total. The number of hydrogen-bond donors (Lipinski definition) is 1. The second-order valence-electron chi connectivity index (χ2n) is 5.81. The van der Waals surface area contributed by atoms with Gasteiger partial charge in [-0.05, 0) is 24.3 Å². The molecular weight excluding hydrogens is 368 g/mol. The lowest BCUT2D eigenvalue weighted by Crippen LogP contribution is -2.12. The third-order valence-corrected chi connectivity index (χ3v) is 4.84. The Labute approximate surface area is 162 Å². The normalized spacial score (nSPS) is 13.9. The zero-order chi connectivity index (χ0) is 18.9. The van der Waals surface area contributed by atoms with Gasteiger partial charge in [0.05, 0.1) is 38.6 Å². The van der Waals surface area contributed by atoms with Crippen molar-refractivity contribution in [3.63, 3.8) is 0 Å². The Hall–Kier alpha value is -1.87. The van der Waals surface area contributed by atoms with Crippen LogP contribution in [-0.2, 0) is 14.2 Å². The van der Waals surface area contributed by atoms with Crippen LogP contribution < -0.4 is 4.74 Å². The van der Waals surface area contributed by atoms with Crippen LogP contribution in [0.25, 0.3) is 10.9 Å². The second-order valence-corrected chi connectivity index (χ2v) is 6.90. The minimum Gasteiger partial charge on any atom is -0.506 e. The molecule has 1 aliphatic rings. The predicted octanol–water partition coefficient (Wildman–Crippen LogP) is 2.49. The second kappa shape index (κ2) is 10.5. The molecule has 0 saturated heterocycles. The summed E-state index contributed by atoms with van der Waals surface area (Å²) in [5, 5.41) is 11.9. The van der Waals surface area contributed by atoms with Crippen LogP contribution in [-0.4, -0.2) is 74.2 Å². The number of aliphatic imine (C=N–C) groups is 1. The third-order valence-electron chi connectivity index (χ3n) is 3.85. The van der Waals surface area contributed by atoms with Gasteiger partial charge in [0.25, 0.3) is 0 Å². The average molecular weight is 392 g/mol. The van der Waals surface area contributed by atoms with E-state index in [9.17, 15) is 5.11 Å². The Balaban J connectivity index is 1.48. The predicted molar refractivity (Wildman–Crippen MR) is 106 cm³/mol. The maximum absolute atomic E-state index is 10.3. The van der Waals surface area contributed by atoms with Crippen LogP contribution in [0.5, 0.6) is 11.5 Å². The smallest absolute Gasteiger partial charge is 0.144 e. The Morgan fingerprint density at radius 1 is 1.04 bits per heavy atom. The lowest BCUT2D eigenvalue weighted by atomic mass is 10.2. The highest BCUT2D eigenvalue weighted by molar-refractivity contribution is 8.14. The van der Waals surface area contributed by atoms with Crippen molar-refractivity contribution in [2.45, 2.75) is 0 Å². The van der Waals surface area contributed by atoms with Gasteiger partial charge in [-0.15, -0.1) is 11.8 Å². The fourth-order valence-electron chi connectivity index (χ4n) is 2.55. The molecule has 0 saturated carbocycles. The van der Waals surface area contributed by atoms with Gasteiger partial charge in [-0.25, -0.2) is 4.98 Å². The topological polar surface area (TPSA) is 82.4 Å². The van der Waals surface area contributed by atoms with Crippen molar-refractivity contribution in [2.75, 3.05) is 59.0 Å². The molecule has 0 atom stereocenters. The van der Waals surface area contributed by atoms with Crippen molar-refractivity contribution < 1.29 is 24.1 Å². The molecule has 8 heteroatoms. The summed E-state index contributed by atoms with van der Waals surface area (Å²) in [4.78, 5) is 8.92. The molecule has 0 fully saturated rings. The van der Waals surface area contributed by atoms with Crippen LogP contribution in [0, 0.1) is 0 Å². The van der Waals surface area contributed by atoms with Crippen molar-refractivity contribution in [2.24, 2.45) is 4.99 Å². The summed E-state index contributed by atoms with van der Waals surface area (Å²) in [6, 6.07) is 7.33. The molecule has 0 unspecified atom stereocenters. The van der Waals surface area contributed by atoms with Crippen LogP contribution in [0.15, 0.2) is 29.3 Å². The summed E-state index contributed by atoms with van der Waals surface area (Å²) in [5.74, 6) is 1.79. The Kier molecular flexibility index (Phi) is 7.70. The van der Waals surface area contributed by atoms with E-state index in [1.165, 1.54) is 0 Å². The zero-order valence-corrected chi connectivity index (χ0v) is 16.2. The maximum Gasteiger partial charge on any atom is 0.144 e. The minimum absolute atomic E-state index is 0.143. The monoisotopic (exact) mass is 392 g/mol. The van der Waals surface area contributed by atoms with Crippen LogP contribution in [0.2, 0.25) is 0 Å². The number of aromatic nitrogens is 1. The average Bonchev–Trinajstić information content (AvgIpc) is 3.20. The number of hydrogen-bond acceptors (Lipinski definition) is 8. The third kappa shape index (κ3) is 5.80. The summed E-state index contributed by atoms with van der Waals surface area (Å²) in [5.41, 5.74) is 1.36. The first-order chi connectivity index (χ1) is 13.3. The molecule has 1 aromatic carbocycles. The van der Waals surface area contributed by atoms with E-state index in [0.29, 0.717) is 51.1 Å². The summed E-state index contributed by atoms with van der Waals surface area (Å²) in [6.45, 7) is 3.91. The first-order valence-electron chi connectivity index (χ1n) is 8.86. The highest BCUT2D eigenvalue weighted by Gasteiger charge is 2.16. The molecule has 7 nitrogen and oxygen atoms in total.